The minimum atomic E-state index is -1.10. The maximum Gasteiger partial charge on any atom is 0.335 e. The maximum atomic E-state index is 13.6. The van der Waals surface area contributed by atoms with Gasteiger partial charge in [-0.15, -0.1) is 0 Å². The summed E-state index contributed by atoms with van der Waals surface area (Å²) >= 11 is 6.00. The summed E-state index contributed by atoms with van der Waals surface area (Å²) in [6, 6.07) is 8.35. The summed E-state index contributed by atoms with van der Waals surface area (Å²) in [5.74, 6) is -2.14. The number of nitrogens with zero attached hydrogens (tertiary/aromatic N) is 1. The standard InChI is InChI=1S/C16H13ClFNO3/c1-9-6-13(17)12(8-14(9)18)15(20)19(2)11-5-3-4-10(7-11)16(21)22/h3-8H,1-2H3,(H,21,22). The predicted octanol–water partition coefficient (Wildman–Crippen LogP) is 3.76. The SMILES string of the molecule is Cc1cc(Cl)c(C(=O)N(C)c2cccc(C(=O)O)c2)cc1F. The third kappa shape index (κ3) is 3.09. The number of amides is 1. The Labute approximate surface area is 131 Å². The second-order valence-electron chi connectivity index (χ2n) is 4.80. The summed E-state index contributed by atoms with van der Waals surface area (Å²) in [4.78, 5) is 24.6. The molecule has 0 saturated heterocycles. The monoisotopic (exact) mass is 321 g/mol. The molecule has 0 atom stereocenters. The van der Waals surface area contributed by atoms with Crippen LogP contribution in [-0.2, 0) is 0 Å². The van der Waals surface area contributed by atoms with Crippen LogP contribution in [0.2, 0.25) is 5.02 Å². The van der Waals surface area contributed by atoms with Crippen molar-refractivity contribution in [3.05, 3.63) is 63.9 Å². The van der Waals surface area contributed by atoms with E-state index in [9.17, 15) is 14.0 Å². The van der Waals surface area contributed by atoms with Gasteiger partial charge < -0.3 is 10.0 Å². The summed E-state index contributed by atoms with van der Waals surface area (Å²) in [6.45, 7) is 1.55. The van der Waals surface area contributed by atoms with Crippen LogP contribution in [0.4, 0.5) is 10.1 Å². The highest BCUT2D eigenvalue weighted by Crippen LogP contribution is 2.24. The van der Waals surface area contributed by atoms with Gasteiger partial charge in [0.15, 0.2) is 0 Å². The molecule has 0 aromatic heterocycles. The normalized spacial score (nSPS) is 10.4. The number of aryl methyl sites for hydroxylation is 1. The third-order valence-corrected chi connectivity index (χ3v) is 3.58. The molecule has 0 radical (unpaired) electrons. The summed E-state index contributed by atoms with van der Waals surface area (Å²) < 4.78 is 13.6. The van der Waals surface area contributed by atoms with Crippen LogP contribution in [-0.4, -0.2) is 24.0 Å². The summed E-state index contributed by atoms with van der Waals surface area (Å²) in [5, 5.41) is 9.13. The van der Waals surface area contributed by atoms with Crippen molar-refractivity contribution in [2.75, 3.05) is 11.9 Å². The molecular formula is C16H13ClFNO3. The van der Waals surface area contributed by atoms with E-state index in [-0.39, 0.29) is 16.1 Å². The molecule has 0 unspecified atom stereocenters. The Morgan fingerprint density at radius 2 is 1.91 bits per heavy atom. The van der Waals surface area contributed by atoms with Gasteiger partial charge in [-0.1, -0.05) is 17.7 Å². The highest BCUT2D eigenvalue weighted by molar-refractivity contribution is 6.34. The van der Waals surface area contributed by atoms with Gasteiger partial charge in [-0.2, -0.15) is 0 Å². The average Bonchev–Trinajstić information content (AvgIpc) is 2.49. The van der Waals surface area contributed by atoms with Crippen molar-refractivity contribution in [3.63, 3.8) is 0 Å². The fourth-order valence-corrected chi connectivity index (χ4v) is 2.25. The molecule has 4 nitrogen and oxygen atoms in total. The molecule has 2 aromatic carbocycles. The number of hydrogen-bond donors (Lipinski definition) is 1. The van der Waals surface area contributed by atoms with Gasteiger partial charge in [-0.05, 0) is 42.8 Å². The van der Waals surface area contributed by atoms with Crippen molar-refractivity contribution in [2.24, 2.45) is 0 Å². The second-order valence-corrected chi connectivity index (χ2v) is 5.21. The average molecular weight is 322 g/mol. The Bertz CT molecular complexity index is 761. The largest absolute Gasteiger partial charge is 0.478 e. The fraction of sp³-hybridized carbons (Fsp3) is 0.125. The summed E-state index contributed by atoms with van der Waals surface area (Å²) in [7, 11) is 1.47. The molecule has 1 amide bonds. The molecule has 114 valence electrons. The first-order chi connectivity index (χ1) is 10.3. The molecule has 6 heteroatoms. The van der Waals surface area contributed by atoms with Gasteiger partial charge >= 0.3 is 5.97 Å². The molecule has 0 aliphatic carbocycles. The highest BCUT2D eigenvalue weighted by atomic mass is 35.5. The first-order valence-corrected chi connectivity index (χ1v) is 6.76. The number of carboxylic acid groups (broad SMARTS) is 1. The molecule has 1 N–H and O–H groups in total. The maximum absolute atomic E-state index is 13.6. The zero-order valence-corrected chi connectivity index (χ0v) is 12.7. The Morgan fingerprint density at radius 1 is 1.23 bits per heavy atom. The third-order valence-electron chi connectivity index (χ3n) is 3.26. The first kappa shape index (κ1) is 16.0. The van der Waals surface area contributed by atoms with E-state index in [0.29, 0.717) is 11.3 Å². The number of anilines is 1. The number of aromatic carboxylic acids is 1. The molecule has 2 rings (SSSR count). The smallest absolute Gasteiger partial charge is 0.335 e. The zero-order valence-electron chi connectivity index (χ0n) is 11.9. The molecule has 0 aliphatic rings. The number of carboxylic acids is 1. The fourth-order valence-electron chi connectivity index (χ4n) is 1.96. The van der Waals surface area contributed by atoms with Crippen molar-refractivity contribution in [1.29, 1.82) is 0 Å². The van der Waals surface area contributed by atoms with Crippen molar-refractivity contribution < 1.29 is 19.1 Å². The molecule has 2 aromatic rings. The lowest BCUT2D eigenvalue weighted by atomic mass is 10.1. The van der Waals surface area contributed by atoms with Crippen LogP contribution in [0.1, 0.15) is 26.3 Å². The lowest BCUT2D eigenvalue weighted by Crippen LogP contribution is -2.27. The van der Waals surface area contributed by atoms with E-state index in [1.54, 1.807) is 13.0 Å². The van der Waals surface area contributed by atoms with E-state index >= 15 is 0 Å². The lowest BCUT2D eigenvalue weighted by Gasteiger charge is -2.19. The van der Waals surface area contributed by atoms with Crippen LogP contribution in [0, 0.1) is 12.7 Å². The van der Waals surface area contributed by atoms with Crippen molar-refractivity contribution in [2.45, 2.75) is 6.92 Å². The van der Waals surface area contributed by atoms with Gasteiger partial charge in [0, 0.05) is 12.7 Å². The molecular weight excluding hydrogens is 309 g/mol. The van der Waals surface area contributed by atoms with E-state index in [1.807, 2.05) is 0 Å². The van der Waals surface area contributed by atoms with Gasteiger partial charge in [0.25, 0.3) is 5.91 Å². The van der Waals surface area contributed by atoms with Gasteiger partial charge in [-0.25, -0.2) is 9.18 Å². The van der Waals surface area contributed by atoms with E-state index in [4.69, 9.17) is 16.7 Å². The predicted molar refractivity (Wildman–Crippen MR) is 82.3 cm³/mol. The van der Waals surface area contributed by atoms with E-state index in [1.165, 1.54) is 36.2 Å². The van der Waals surface area contributed by atoms with Crippen molar-refractivity contribution in [1.82, 2.24) is 0 Å². The Balaban J connectivity index is 2.39. The van der Waals surface area contributed by atoms with Crippen molar-refractivity contribution in [3.8, 4) is 0 Å². The van der Waals surface area contributed by atoms with E-state index < -0.39 is 17.7 Å². The molecule has 0 fully saturated rings. The van der Waals surface area contributed by atoms with Crippen molar-refractivity contribution >= 4 is 29.2 Å². The van der Waals surface area contributed by atoms with Gasteiger partial charge in [0.1, 0.15) is 5.82 Å². The molecule has 0 spiro atoms. The molecule has 0 heterocycles. The second kappa shape index (κ2) is 6.15. The van der Waals surface area contributed by atoms with Crippen LogP contribution < -0.4 is 4.90 Å². The number of benzene rings is 2. The number of carbonyl (C=O) groups is 2. The first-order valence-electron chi connectivity index (χ1n) is 6.38. The number of rotatable bonds is 3. The number of hydrogen-bond acceptors (Lipinski definition) is 2. The number of halogens is 2. The number of carbonyl (C=O) groups excluding carboxylic acids is 1. The van der Waals surface area contributed by atoms with Gasteiger partial charge in [0.05, 0.1) is 16.1 Å². The van der Waals surface area contributed by atoms with Crippen LogP contribution in [0.3, 0.4) is 0 Å². The van der Waals surface area contributed by atoms with Gasteiger partial charge in [0.2, 0.25) is 0 Å². The molecule has 0 aliphatic heterocycles. The minimum absolute atomic E-state index is 0.0213. The lowest BCUT2D eigenvalue weighted by molar-refractivity contribution is 0.0696. The topological polar surface area (TPSA) is 57.6 Å². The molecule has 0 saturated carbocycles. The van der Waals surface area contributed by atoms with E-state index in [2.05, 4.69) is 0 Å². The molecule has 0 bridgehead atoms. The van der Waals surface area contributed by atoms with Crippen LogP contribution >= 0.6 is 11.6 Å². The van der Waals surface area contributed by atoms with Gasteiger partial charge in [-0.3, -0.25) is 4.79 Å². The quantitative estimate of drug-likeness (QED) is 0.936. The van der Waals surface area contributed by atoms with Crippen LogP contribution in [0.15, 0.2) is 36.4 Å². The Morgan fingerprint density at radius 3 is 2.55 bits per heavy atom. The molecule has 22 heavy (non-hydrogen) atoms. The van der Waals surface area contributed by atoms with Crippen LogP contribution in [0.25, 0.3) is 0 Å². The summed E-state index contributed by atoms with van der Waals surface area (Å²) in [5.41, 5.74) is 0.797. The zero-order chi connectivity index (χ0) is 16.4. The Kier molecular flexibility index (Phi) is 4.47. The Hall–Kier alpha value is -2.40. The van der Waals surface area contributed by atoms with E-state index in [0.717, 1.165) is 6.07 Å². The van der Waals surface area contributed by atoms with Crippen LogP contribution in [0.5, 0.6) is 0 Å². The summed E-state index contributed by atoms with van der Waals surface area (Å²) in [6.07, 6.45) is 0. The highest BCUT2D eigenvalue weighted by Gasteiger charge is 2.19. The minimum Gasteiger partial charge on any atom is -0.478 e.